The molecule has 0 aliphatic carbocycles. The van der Waals surface area contributed by atoms with Crippen LogP contribution in [0, 0.1) is 13.8 Å². The Labute approximate surface area is 747 Å². The first-order valence-corrected chi connectivity index (χ1v) is 44.8. The highest BCUT2D eigenvalue weighted by molar-refractivity contribution is 5.77. The lowest BCUT2D eigenvalue weighted by molar-refractivity contribution is -0.718. The number of benzene rings is 11. The summed E-state index contributed by atoms with van der Waals surface area (Å²) in [5.41, 5.74) is 18.4. The number of para-hydroxylation sites is 15. The van der Waals surface area contributed by atoms with E-state index in [4.69, 9.17) is 27.8 Å². The molecule has 0 N–H and O–H groups in total. The Hall–Kier alpha value is -12.5. The fourth-order valence-corrected chi connectivity index (χ4v) is 16.5. The first kappa shape index (κ1) is 87.4. The van der Waals surface area contributed by atoms with E-state index in [-0.39, 0.29) is 12.1 Å². The van der Waals surface area contributed by atoms with E-state index in [1.165, 1.54) is 60.9 Å². The molecule has 0 saturated carbocycles. The molecule has 16 aromatic rings. The van der Waals surface area contributed by atoms with Crippen LogP contribution in [0.3, 0.4) is 0 Å². The van der Waals surface area contributed by atoms with Gasteiger partial charge in [-0.05, 0) is 256 Å². The van der Waals surface area contributed by atoms with Gasteiger partial charge >= 0.3 is 30.1 Å². The van der Waals surface area contributed by atoms with Crippen LogP contribution in [0.1, 0.15) is 261 Å². The summed E-state index contributed by atoms with van der Waals surface area (Å²) >= 11 is 0. The van der Waals surface area contributed by atoms with E-state index < -0.39 is 6.85 Å². The van der Waals surface area contributed by atoms with E-state index in [0.29, 0.717) is 71.0 Å². The van der Waals surface area contributed by atoms with Crippen molar-refractivity contribution in [2.24, 2.45) is 14.1 Å². The summed E-state index contributed by atoms with van der Waals surface area (Å²) in [6, 6.07) is 96.7. The minimum absolute atomic E-state index is 0.151. The maximum Gasteiger partial charge on any atom is 0.468 e. The van der Waals surface area contributed by atoms with Gasteiger partial charge in [0.1, 0.15) is 52.5 Å². The van der Waals surface area contributed by atoms with Gasteiger partial charge in [-0.15, -0.1) is 0 Å². The van der Waals surface area contributed by atoms with E-state index in [1.54, 1.807) is 12.1 Å². The van der Waals surface area contributed by atoms with Gasteiger partial charge in [-0.1, -0.05) is 245 Å². The predicted molar refractivity (Wildman–Crippen MR) is 513 cm³/mol. The van der Waals surface area contributed by atoms with Gasteiger partial charge in [0, 0.05) is 4.11 Å². The number of imidazole rings is 5. The van der Waals surface area contributed by atoms with Gasteiger partial charge in [-0.25, -0.2) is 0 Å². The quantitative estimate of drug-likeness (QED) is 0.0595. The monoisotopic (exact) mass is 1680 g/mol. The van der Waals surface area contributed by atoms with Crippen LogP contribution in [-0.4, -0.2) is 22.8 Å². The van der Waals surface area contributed by atoms with Crippen molar-refractivity contribution >= 4 is 44.1 Å². The second-order valence-electron chi connectivity index (χ2n) is 35.6. The van der Waals surface area contributed by atoms with Gasteiger partial charge in [-0.2, -0.15) is 45.7 Å². The molecular weight excluding hydrogens is 1540 g/mol. The largest absolute Gasteiger partial charge is 0.468 e. The summed E-state index contributed by atoms with van der Waals surface area (Å²) in [6.45, 7) is 47.7. The van der Waals surface area contributed by atoms with Gasteiger partial charge in [-0.3, -0.25) is 0 Å². The zero-order chi connectivity index (χ0) is 92.3. The lowest BCUT2D eigenvalue weighted by atomic mass is 10.0. The van der Waals surface area contributed by atoms with Crippen molar-refractivity contribution in [1.29, 1.82) is 0 Å². The second kappa shape index (κ2) is 40.9. The van der Waals surface area contributed by atoms with Crippen LogP contribution in [0.25, 0.3) is 55.5 Å². The molecule has 5 aromatic heterocycles. The summed E-state index contributed by atoms with van der Waals surface area (Å²) in [5, 5.41) is 0. The van der Waals surface area contributed by atoms with Crippen molar-refractivity contribution in [3.8, 4) is 70.2 Å². The number of ether oxygens (including phenoxy) is 5. The Kier molecular flexibility index (Phi) is 28.6. The SMILES string of the molecule is CC(C)c1ccccc1Oc1n(-c2ccccc2)c2ccccc2[n+]1C(C)C.CC(C)c1ccccc1Oc1n(C(C)C)c2ccccc2[n+]1C.CC(C)c1ccccc1Oc1n(C(C)C)c2ccccc2[n+]1C.CC(C)c1ccccc1Oc1n(C(C)C)c2ccccc2[n+]1C(C)C.[2H]C([2H])([2H])c1cccc(C)c1-n1cc[n+](C(C)C)c1Oc1ccccc1C(C)C. The average molecular weight is 1680 g/mol. The van der Waals surface area contributed by atoms with Gasteiger partial charge in [0.2, 0.25) is 0 Å². The number of rotatable bonds is 23. The molecule has 650 valence electrons. The Morgan fingerprint density at radius 1 is 0.280 bits per heavy atom. The molecule has 15 nitrogen and oxygen atoms in total. The minimum Gasteiger partial charge on any atom is -0.391 e. The van der Waals surface area contributed by atoms with Gasteiger partial charge in [0.05, 0.1) is 50.3 Å². The van der Waals surface area contributed by atoms with Crippen LogP contribution in [0.2, 0.25) is 0 Å². The van der Waals surface area contributed by atoms with Crippen LogP contribution in [0.15, 0.2) is 279 Å². The van der Waals surface area contributed by atoms with Crippen LogP contribution >= 0.6 is 0 Å². The molecule has 0 bridgehead atoms. The van der Waals surface area contributed by atoms with Crippen molar-refractivity contribution in [2.45, 2.75) is 232 Å². The van der Waals surface area contributed by atoms with Gasteiger partial charge in [0.25, 0.3) is 0 Å². The summed E-state index contributed by atoms with van der Waals surface area (Å²) < 4.78 is 78.2. The van der Waals surface area contributed by atoms with Crippen molar-refractivity contribution in [3.63, 3.8) is 0 Å². The van der Waals surface area contributed by atoms with Crippen molar-refractivity contribution in [2.75, 3.05) is 0 Å². The normalized spacial score (nSPS) is 12.0. The van der Waals surface area contributed by atoms with Gasteiger partial charge in [0.15, 0.2) is 44.1 Å². The maximum atomic E-state index is 8.01. The lowest BCUT2D eigenvalue weighted by Crippen LogP contribution is -2.37. The highest BCUT2D eigenvalue weighted by Crippen LogP contribution is 2.40. The molecule has 11 aromatic carbocycles. The number of hydrogen-bond donors (Lipinski definition) is 0. The number of hydrogen-bond acceptors (Lipinski definition) is 5. The van der Waals surface area contributed by atoms with Gasteiger partial charge < -0.3 is 23.7 Å². The Balaban J connectivity index is 0.000000146. The maximum absolute atomic E-state index is 8.01. The van der Waals surface area contributed by atoms with E-state index >= 15 is 0 Å². The molecule has 0 amide bonds. The van der Waals surface area contributed by atoms with E-state index in [1.807, 2.05) is 83.0 Å². The Morgan fingerprint density at radius 2 is 0.576 bits per heavy atom. The van der Waals surface area contributed by atoms with Crippen molar-refractivity contribution in [3.05, 3.63) is 318 Å². The zero-order valence-electron chi connectivity index (χ0n) is 81.4. The van der Waals surface area contributed by atoms with Crippen LogP contribution in [0.4, 0.5) is 0 Å². The summed E-state index contributed by atoms with van der Waals surface area (Å²) in [6.07, 6.45) is 3.82. The minimum atomic E-state index is -2.22. The molecule has 0 saturated heterocycles. The molecule has 0 aliphatic rings. The molecule has 0 atom stereocenters. The first-order valence-electron chi connectivity index (χ1n) is 46.3. The third kappa shape index (κ3) is 20.2. The highest BCUT2D eigenvalue weighted by Gasteiger charge is 2.36. The zero-order valence-corrected chi connectivity index (χ0v) is 78.4. The molecular formula is C110H135N10O5+5. The Bertz CT molecular complexity index is 6240. The van der Waals surface area contributed by atoms with Crippen molar-refractivity contribution < 1.29 is 50.6 Å². The second-order valence-corrected chi connectivity index (χ2v) is 35.6. The van der Waals surface area contributed by atoms with Crippen LogP contribution in [0.5, 0.6) is 58.8 Å². The third-order valence-corrected chi connectivity index (χ3v) is 22.7. The molecule has 0 fully saturated rings. The summed E-state index contributed by atoms with van der Waals surface area (Å²) in [5.74, 6) is 6.45. The molecule has 0 unspecified atom stereocenters. The lowest BCUT2D eigenvalue weighted by Gasteiger charge is -2.14. The van der Waals surface area contributed by atoms with Crippen LogP contribution < -0.4 is 46.5 Å². The standard InChI is InChI=1S/C25H27N2O.C23H29N2O.C22H29N2O.2C20H25N2O/c1-18(2)21-14-8-11-17-24(21)28-25-26(19(3)4)22-15-9-10-16-23(22)27(25)20-12-6-5-7-13-20;1-16(2)20-12-7-8-13-21(20)26-23-24(17(3)4)14-15-25(23)22-18(5)10-9-11-19(22)6;1-15(2)18-11-7-10-14-21(18)25-22-23(16(3)4)19-12-8-9-13-20(19)24(22)17(5)6;2*1-14(2)16-10-6-9-13-19(16)23-20-21(5)17-11-7-8-12-18(17)22(20)15(3)4/h5-19H,1-4H3;7-17H,1-6H3;7-17H,1-6H3;2*6-15H,1-5H3/q5*+1/i;5D3;;;. The molecule has 5 heterocycles. The number of aromatic nitrogens is 10. The number of fused-ring (bicyclic) bond motifs is 4. The average Bonchev–Trinajstić information content (AvgIpc) is 1.55. The topological polar surface area (TPSA) is 90.2 Å². The fourth-order valence-electron chi connectivity index (χ4n) is 16.5. The highest BCUT2D eigenvalue weighted by atomic mass is 16.5. The van der Waals surface area contributed by atoms with E-state index in [0.717, 1.165) is 75.1 Å². The summed E-state index contributed by atoms with van der Waals surface area (Å²) in [4.78, 5) is 0. The molecule has 15 heteroatoms. The Morgan fingerprint density at radius 3 is 0.944 bits per heavy atom. The first-order chi connectivity index (χ1) is 61.1. The molecule has 0 aliphatic heterocycles. The molecule has 16 rings (SSSR count). The molecule has 0 spiro atoms. The number of nitrogens with zero attached hydrogens (tertiary/aromatic N) is 10. The van der Waals surface area contributed by atoms with E-state index in [9.17, 15) is 0 Å². The van der Waals surface area contributed by atoms with Crippen LogP contribution in [-0.2, 0) is 14.1 Å². The molecule has 0 radical (unpaired) electrons. The number of aryl methyl sites for hydroxylation is 4. The smallest absolute Gasteiger partial charge is 0.391 e. The van der Waals surface area contributed by atoms with E-state index in [2.05, 4.69) is 403 Å². The predicted octanol–water partition coefficient (Wildman–Crippen LogP) is 28.2. The third-order valence-electron chi connectivity index (χ3n) is 22.7. The molecule has 125 heavy (non-hydrogen) atoms. The van der Waals surface area contributed by atoms with Crippen molar-refractivity contribution in [1.82, 2.24) is 22.8 Å². The fraction of sp³-hybridized carbons (Fsp3) is 0.336. The summed E-state index contributed by atoms with van der Waals surface area (Å²) in [7, 11) is 4.13.